The second-order valence-electron chi connectivity index (χ2n) is 5.20. The van der Waals surface area contributed by atoms with Crippen LogP contribution in [0.2, 0.25) is 0 Å². The lowest BCUT2D eigenvalue weighted by Crippen LogP contribution is -1.84. The molecule has 23 heavy (non-hydrogen) atoms. The molecule has 2 heterocycles. The Balaban J connectivity index is 1.51. The Labute approximate surface area is 142 Å². The van der Waals surface area contributed by atoms with Crippen molar-refractivity contribution >= 4 is 34.2 Å². The largest absolute Gasteiger partial charge is 0.431 e. The summed E-state index contributed by atoms with van der Waals surface area (Å²) in [6, 6.07) is 16.2. The van der Waals surface area contributed by atoms with Crippen LogP contribution in [0.4, 0.5) is 0 Å². The third kappa shape index (κ3) is 3.02. The van der Waals surface area contributed by atoms with E-state index in [0.717, 1.165) is 27.6 Å². The summed E-state index contributed by atoms with van der Waals surface area (Å²) < 4.78 is 5.73. The maximum Gasteiger partial charge on any atom is 0.257 e. The minimum absolute atomic E-state index is 0.691. The second-order valence-corrected chi connectivity index (χ2v) is 6.98. The highest BCUT2D eigenvalue weighted by Gasteiger charge is 2.10. The minimum Gasteiger partial charge on any atom is -0.431 e. The van der Waals surface area contributed by atoms with E-state index in [-0.39, 0.29) is 0 Å². The SMILES string of the molecule is Cc1ccccc1-c1nc(CSc2nc3ccccc3o2)cs1. The van der Waals surface area contributed by atoms with Crippen LogP contribution in [0.1, 0.15) is 11.3 Å². The van der Waals surface area contributed by atoms with E-state index in [1.54, 1.807) is 23.1 Å². The highest BCUT2D eigenvalue weighted by Crippen LogP contribution is 2.30. The van der Waals surface area contributed by atoms with Gasteiger partial charge in [-0.05, 0) is 24.6 Å². The van der Waals surface area contributed by atoms with Gasteiger partial charge in [-0.3, -0.25) is 0 Å². The molecule has 114 valence electrons. The van der Waals surface area contributed by atoms with Gasteiger partial charge >= 0.3 is 0 Å². The average molecular weight is 338 g/mol. The van der Waals surface area contributed by atoms with Crippen LogP contribution >= 0.6 is 23.1 Å². The molecule has 0 N–H and O–H groups in total. The topological polar surface area (TPSA) is 38.9 Å². The van der Waals surface area contributed by atoms with Crippen molar-refractivity contribution in [2.45, 2.75) is 17.9 Å². The number of thiazole rings is 1. The van der Waals surface area contributed by atoms with E-state index < -0.39 is 0 Å². The van der Waals surface area contributed by atoms with Crippen LogP contribution < -0.4 is 0 Å². The molecule has 2 aromatic heterocycles. The molecular weight excluding hydrogens is 324 g/mol. The number of nitrogens with zero attached hydrogens (tertiary/aromatic N) is 2. The second kappa shape index (κ2) is 6.18. The maximum atomic E-state index is 5.73. The van der Waals surface area contributed by atoms with Crippen molar-refractivity contribution in [2.75, 3.05) is 0 Å². The highest BCUT2D eigenvalue weighted by molar-refractivity contribution is 7.98. The zero-order valence-electron chi connectivity index (χ0n) is 12.5. The van der Waals surface area contributed by atoms with Crippen molar-refractivity contribution in [1.29, 1.82) is 0 Å². The summed E-state index contributed by atoms with van der Waals surface area (Å²) in [6.45, 7) is 2.11. The van der Waals surface area contributed by atoms with Crippen molar-refractivity contribution in [1.82, 2.24) is 9.97 Å². The summed E-state index contributed by atoms with van der Waals surface area (Å²) in [5.41, 5.74) is 5.24. The van der Waals surface area contributed by atoms with E-state index >= 15 is 0 Å². The third-order valence-corrected chi connectivity index (χ3v) is 5.33. The molecule has 0 aliphatic rings. The van der Waals surface area contributed by atoms with Crippen molar-refractivity contribution in [3.63, 3.8) is 0 Å². The number of hydrogen-bond donors (Lipinski definition) is 0. The monoisotopic (exact) mass is 338 g/mol. The number of aromatic nitrogens is 2. The molecule has 0 aliphatic carbocycles. The normalized spacial score (nSPS) is 11.2. The van der Waals surface area contributed by atoms with Gasteiger partial charge in [0.05, 0.1) is 5.69 Å². The van der Waals surface area contributed by atoms with Crippen molar-refractivity contribution < 1.29 is 4.42 Å². The first kappa shape index (κ1) is 14.5. The van der Waals surface area contributed by atoms with Gasteiger partial charge in [-0.1, -0.05) is 48.2 Å². The first-order valence-corrected chi connectivity index (χ1v) is 9.15. The van der Waals surface area contributed by atoms with Crippen molar-refractivity contribution in [3.8, 4) is 10.6 Å². The number of rotatable bonds is 4. The Kier molecular flexibility index (Phi) is 3.89. The molecule has 0 saturated heterocycles. The predicted molar refractivity (Wildman–Crippen MR) is 95.9 cm³/mol. The van der Waals surface area contributed by atoms with Crippen LogP contribution in [0.15, 0.2) is 63.6 Å². The molecule has 5 heteroatoms. The van der Waals surface area contributed by atoms with Gasteiger partial charge in [0.15, 0.2) is 5.58 Å². The third-order valence-electron chi connectivity index (χ3n) is 3.55. The molecule has 4 aromatic rings. The number of thioether (sulfide) groups is 1. The Morgan fingerprint density at radius 3 is 2.74 bits per heavy atom. The van der Waals surface area contributed by atoms with Gasteiger partial charge in [-0.15, -0.1) is 11.3 Å². The molecule has 2 aromatic carbocycles. The maximum absolute atomic E-state index is 5.73. The predicted octanol–water partition coefficient (Wildman–Crippen LogP) is 5.55. The van der Waals surface area contributed by atoms with E-state index in [9.17, 15) is 0 Å². The van der Waals surface area contributed by atoms with Crippen LogP contribution in [0.5, 0.6) is 0 Å². The molecule has 0 fully saturated rings. The van der Waals surface area contributed by atoms with Gasteiger partial charge in [-0.25, -0.2) is 9.97 Å². The van der Waals surface area contributed by atoms with Gasteiger partial charge in [-0.2, -0.15) is 0 Å². The summed E-state index contributed by atoms with van der Waals surface area (Å²) in [6.07, 6.45) is 0. The Hall–Kier alpha value is -2.11. The number of hydrogen-bond acceptors (Lipinski definition) is 5. The molecule has 0 bridgehead atoms. The van der Waals surface area contributed by atoms with E-state index in [0.29, 0.717) is 5.22 Å². The molecule has 0 amide bonds. The van der Waals surface area contributed by atoms with Gasteiger partial charge in [0.2, 0.25) is 0 Å². The number of aryl methyl sites for hydroxylation is 1. The molecule has 0 unspecified atom stereocenters. The summed E-state index contributed by atoms with van der Waals surface area (Å²) in [7, 11) is 0. The van der Waals surface area contributed by atoms with Crippen molar-refractivity contribution in [3.05, 3.63) is 65.2 Å². The summed E-state index contributed by atoms with van der Waals surface area (Å²) >= 11 is 3.26. The fraction of sp³-hybridized carbons (Fsp3) is 0.111. The fourth-order valence-corrected chi connectivity index (χ4v) is 4.10. The van der Waals surface area contributed by atoms with Crippen LogP contribution in [0.3, 0.4) is 0 Å². The summed E-state index contributed by atoms with van der Waals surface area (Å²) in [5.74, 6) is 0.759. The van der Waals surface area contributed by atoms with Crippen LogP contribution in [-0.2, 0) is 5.75 Å². The smallest absolute Gasteiger partial charge is 0.257 e. The first-order valence-electron chi connectivity index (χ1n) is 7.28. The molecule has 4 rings (SSSR count). The summed E-state index contributed by atoms with van der Waals surface area (Å²) in [4.78, 5) is 9.22. The molecular formula is C18H14N2OS2. The number of para-hydroxylation sites is 2. The molecule has 0 aliphatic heterocycles. The lowest BCUT2D eigenvalue weighted by atomic mass is 10.1. The van der Waals surface area contributed by atoms with Crippen LogP contribution in [0.25, 0.3) is 21.7 Å². The minimum atomic E-state index is 0.691. The Bertz CT molecular complexity index is 925. The van der Waals surface area contributed by atoms with Crippen LogP contribution in [-0.4, -0.2) is 9.97 Å². The lowest BCUT2D eigenvalue weighted by Gasteiger charge is -2.00. The molecule has 0 saturated carbocycles. The van der Waals surface area contributed by atoms with E-state index in [4.69, 9.17) is 9.40 Å². The quantitative estimate of drug-likeness (QED) is 0.457. The first-order chi connectivity index (χ1) is 11.3. The van der Waals surface area contributed by atoms with E-state index in [1.165, 1.54) is 11.1 Å². The van der Waals surface area contributed by atoms with Crippen LogP contribution in [0, 0.1) is 6.92 Å². The molecule has 3 nitrogen and oxygen atoms in total. The Morgan fingerprint density at radius 1 is 1.04 bits per heavy atom. The zero-order valence-corrected chi connectivity index (χ0v) is 14.2. The van der Waals surface area contributed by atoms with Gasteiger partial charge < -0.3 is 4.42 Å². The molecule has 0 radical (unpaired) electrons. The van der Waals surface area contributed by atoms with E-state index in [2.05, 4.69) is 41.6 Å². The van der Waals surface area contributed by atoms with E-state index in [1.807, 2.05) is 24.3 Å². The number of oxazole rings is 1. The standard InChI is InChI=1S/C18H14N2OS2/c1-12-6-2-3-7-14(12)17-19-13(10-22-17)11-23-18-20-15-8-4-5-9-16(15)21-18/h2-10H,11H2,1H3. The number of fused-ring (bicyclic) bond motifs is 1. The van der Waals surface area contributed by atoms with Gasteiger partial charge in [0, 0.05) is 16.7 Å². The van der Waals surface area contributed by atoms with Gasteiger partial charge in [0.1, 0.15) is 10.5 Å². The average Bonchev–Trinajstić information content (AvgIpc) is 3.19. The lowest BCUT2D eigenvalue weighted by molar-refractivity contribution is 0.489. The fourth-order valence-electron chi connectivity index (χ4n) is 2.36. The Morgan fingerprint density at radius 2 is 1.87 bits per heavy atom. The molecule has 0 spiro atoms. The van der Waals surface area contributed by atoms with Crippen molar-refractivity contribution in [2.24, 2.45) is 0 Å². The highest BCUT2D eigenvalue weighted by atomic mass is 32.2. The number of benzene rings is 2. The zero-order chi connectivity index (χ0) is 15.6. The summed E-state index contributed by atoms with van der Waals surface area (Å²) in [5, 5.41) is 3.87. The van der Waals surface area contributed by atoms with Gasteiger partial charge in [0.25, 0.3) is 5.22 Å². The molecule has 0 atom stereocenters.